The molecule has 0 bridgehead atoms. The maximum atomic E-state index is 4.34. The number of hydrogen-bond acceptors (Lipinski definition) is 2. The van der Waals surface area contributed by atoms with Crippen molar-refractivity contribution in [1.82, 2.24) is 4.57 Å². The summed E-state index contributed by atoms with van der Waals surface area (Å²) in [5, 5.41) is 1.30. The molecule has 0 fully saturated rings. The molecule has 2 aliphatic rings. The average Bonchev–Trinajstić information content (AvgIpc) is 3.62. The highest BCUT2D eigenvalue weighted by atomic mass is 15.2. The number of anilines is 4. The summed E-state index contributed by atoms with van der Waals surface area (Å²) in [7, 11) is 4.68. The maximum Gasteiger partial charge on any atom is 0.199 e. The SMILES string of the molecule is C=CC(C)(C)[C@H](C)N1c2ccc(C(C)(C)C)cc2[B]c2c(N(C)c3ccc(C(C)(C)C)cc3)cc(-n3c4c(c5ccccc53)-c3ccccc3C4(C)C)cc21. The van der Waals surface area contributed by atoms with E-state index in [4.69, 9.17) is 0 Å². The molecule has 1 aliphatic heterocycles. The van der Waals surface area contributed by atoms with Crippen molar-refractivity contribution in [3.63, 3.8) is 0 Å². The lowest BCUT2D eigenvalue weighted by atomic mass is 9.58. The van der Waals surface area contributed by atoms with Gasteiger partial charge in [0.2, 0.25) is 0 Å². The summed E-state index contributed by atoms with van der Waals surface area (Å²) >= 11 is 0. The molecule has 5 aromatic carbocycles. The highest BCUT2D eigenvalue weighted by Gasteiger charge is 2.42. The molecule has 6 aromatic rings. The van der Waals surface area contributed by atoms with Gasteiger partial charge in [0, 0.05) is 69.0 Å². The molecule has 0 unspecified atom stereocenters. The predicted octanol–water partition coefficient (Wildman–Crippen LogP) is 12.0. The van der Waals surface area contributed by atoms with Gasteiger partial charge in [0.1, 0.15) is 0 Å². The highest BCUT2D eigenvalue weighted by molar-refractivity contribution is 6.73. The van der Waals surface area contributed by atoms with Crippen molar-refractivity contribution in [3.05, 3.63) is 138 Å². The van der Waals surface area contributed by atoms with E-state index in [2.05, 4.69) is 221 Å². The first kappa shape index (κ1) is 37.0. The van der Waals surface area contributed by atoms with Crippen LogP contribution in [-0.2, 0) is 16.2 Å². The summed E-state index contributed by atoms with van der Waals surface area (Å²) in [6.07, 6.45) is 2.12. The summed E-state index contributed by atoms with van der Waals surface area (Å²) in [5.41, 5.74) is 17.5. The van der Waals surface area contributed by atoms with E-state index >= 15 is 0 Å². The number of rotatable bonds is 6. The van der Waals surface area contributed by atoms with E-state index in [0.29, 0.717) is 0 Å². The van der Waals surface area contributed by atoms with Crippen molar-refractivity contribution in [2.45, 2.75) is 98.4 Å². The zero-order valence-electron chi connectivity index (χ0n) is 35.1. The Morgan fingerprint density at radius 3 is 2.05 bits per heavy atom. The topological polar surface area (TPSA) is 11.4 Å². The molecular formula is C51H57BN3. The minimum absolute atomic E-state index is 0.0263. The van der Waals surface area contributed by atoms with E-state index in [1.165, 1.54) is 78.1 Å². The minimum Gasteiger partial charge on any atom is -0.345 e. The van der Waals surface area contributed by atoms with E-state index in [-0.39, 0.29) is 27.7 Å². The summed E-state index contributed by atoms with van der Waals surface area (Å²) in [5.74, 6) is 0. The molecule has 2 heterocycles. The summed E-state index contributed by atoms with van der Waals surface area (Å²) in [4.78, 5) is 5.01. The van der Waals surface area contributed by atoms with Crippen molar-refractivity contribution in [2.75, 3.05) is 16.8 Å². The van der Waals surface area contributed by atoms with Gasteiger partial charge in [0.25, 0.3) is 0 Å². The molecule has 3 nitrogen and oxygen atoms in total. The van der Waals surface area contributed by atoms with Gasteiger partial charge in [-0.15, -0.1) is 6.58 Å². The molecule has 8 rings (SSSR count). The smallest absolute Gasteiger partial charge is 0.199 e. The van der Waals surface area contributed by atoms with E-state index in [1.54, 1.807) is 0 Å². The Balaban J connectivity index is 1.45. The third-order valence-electron chi connectivity index (χ3n) is 12.9. The summed E-state index contributed by atoms with van der Waals surface area (Å²) in [6, 6.07) is 39.3. The van der Waals surface area contributed by atoms with Gasteiger partial charge in [-0.1, -0.05) is 148 Å². The van der Waals surface area contributed by atoms with Crippen molar-refractivity contribution in [3.8, 4) is 16.8 Å². The zero-order valence-corrected chi connectivity index (χ0v) is 35.1. The quantitative estimate of drug-likeness (QED) is 0.125. The number of aromatic nitrogens is 1. The molecular weight excluding hydrogens is 665 g/mol. The predicted molar refractivity (Wildman–Crippen MR) is 240 cm³/mol. The average molecular weight is 723 g/mol. The van der Waals surface area contributed by atoms with Crippen LogP contribution in [0.3, 0.4) is 0 Å². The van der Waals surface area contributed by atoms with Gasteiger partial charge in [-0.25, -0.2) is 0 Å². The van der Waals surface area contributed by atoms with Crippen LogP contribution in [0.2, 0.25) is 0 Å². The van der Waals surface area contributed by atoms with E-state index in [1.807, 2.05) is 0 Å². The Bertz CT molecular complexity index is 2480. The van der Waals surface area contributed by atoms with E-state index in [9.17, 15) is 0 Å². The second-order valence-electron chi connectivity index (χ2n) is 19.2. The third-order valence-corrected chi connectivity index (χ3v) is 12.9. The van der Waals surface area contributed by atoms with Crippen LogP contribution < -0.4 is 20.7 Å². The first-order valence-electron chi connectivity index (χ1n) is 20.0. The largest absolute Gasteiger partial charge is 0.345 e. The zero-order chi connectivity index (χ0) is 39.4. The fourth-order valence-corrected chi connectivity index (χ4v) is 8.99. The molecule has 0 amide bonds. The Morgan fingerprint density at radius 1 is 0.745 bits per heavy atom. The Hall–Kier alpha value is -4.96. The van der Waals surface area contributed by atoms with Crippen molar-refractivity contribution < 1.29 is 0 Å². The number of nitrogens with zero attached hydrogens (tertiary/aromatic N) is 3. The molecule has 0 spiro atoms. The number of para-hydroxylation sites is 1. The first-order valence-corrected chi connectivity index (χ1v) is 20.0. The standard InChI is InChI=1S/C51H57BN3/c1-14-50(9,10)32(2)54-42-28-25-34(49(6,7)8)29-40(42)52-46-43(53(13)35-26-23-33(24-27-35)48(3,4)5)30-36(31-44(46)54)55-41-22-18-16-20-38(41)45-37-19-15-17-21-39(37)51(11,12)47(45)55/h14-32H,1H2,2-13H3/t32-/m0/s1. The van der Waals surface area contributed by atoms with Gasteiger partial charge >= 0.3 is 0 Å². The molecule has 1 radical (unpaired) electrons. The number of hydrogen-bond donors (Lipinski definition) is 0. The minimum atomic E-state index is -0.199. The van der Waals surface area contributed by atoms with Crippen LogP contribution >= 0.6 is 0 Å². The summed E-state index contributed by atoms with van der Waals surface area (Å²) < 4.78 is 2.57. The Kier molecular flexibility index (Phi) is 8.43. The van der Waals surface area contributed by atoms with Crippen molar-refractivity contribution in [1.29, 1.82) is 0 Å². The Morgan fingerprint density at radius 2 is 1.38 bits per heavy atom. The molecule has 1 atom stereocenters. The van der Waals surface area contributed by atoms with Crippen LogP contribution in [0.15, 0.2) is 116 Å². The van der Waals surface area contributed by atoms with Crippen LogP contribution in [0.4, 0.5) is 22.7 Å². The molecule has 4 heteroatoms. The number of fused-ring (bicyclic) bond motifs is 7. The van der Waals surface area contributed by atoms with Gasteiger partial charge in [-0.2, -0.15) is 0 Å². The molecule has 1 aliphatic carbocycles. The van der Waals surface area contributed by atoms with Crippen molar-refractivity contribution in [2.24, 2.45) is 5.41 Å². The highest BCUT2D eigenvalue weighted by Crippen LogP contribution is 2.54. The third kappa shape index (κ3) is 5.78. The van der Waals surface area contributed by atoms with E-state index < -0.39 is 0 Å². The van der Waals surface area contributed by atoms with Gasteiger partial charge in [-0.3, -0.25) is 0 Å². The van der Waals surface area contributed by atoms with E-state index in [0.717, 1.165) is 5.69 Å². The second kappa shape index (κ2) is 12.5. The first-order chi connectivity index (χ1) is 25.8. The van der Waals surface area contributed by atoms with Gasteiger partial charge in [0.15, 0.2) is 7.28 Å². The monoisotopic (exact) mass is 722 g/mol. The molecule has 55 heavy (non-hydrogen) atoms. The normalized spacial score (nSPS) is 15.2. The lowest BCUT2D eigenvalue weighted by molar-refractivity contribution is 0.390. The lowest BCUT2D eigenvalue weighted by Gasteiger charge is -2.45. The molecule has 0 N–H and O–H groups in total. The fourth-order valence-electron chi connectivity index (χ4n) is 8.99. The van der Waals surface area contributed by atoms with Gasteiger partial charge in [0.05, 0.1) is 5.52 Å². The molecule has 279 valence electrons. The lowest BCUT2D eigenvalue weighted by Crippen LogP contribution is -2.50. The fraction of sp³-hybridized carbons (Fsp3) is 0.333. The molecule has 1 aromatic heterocycles. The maximum absolute atomic E-state index is 4.34. The van der Waals surface area contributed by atoms with Gasteiger partial charge in [-0.05, 0) is 81.9 Å². The van der Waals surface area contributed by atoms with Crippen LogP contribution in [0.5, 0.6) is 0 Å². The van der Waals surface area contributed by atoms with Gasteiger partial charge < -0.3 is 14.4 Å². The van der Waals surface area contributed by atoms with Crippen LogP contribution in [-0.4, -0.2) is 24.9 Å². The molecule has 0 saturated carbocycles. The second-order valence-corrected chi connectivity index (χ2v) is 19.2. The van der Waals surface area contributed by atoms with Crippen LogP contribution in [0.1, 0.15) is 98.5 Å². The summed E-state index contributed by atoms with van der Waals surface area (Å²) in [6.45, 7) is 29.9. The Labute approximate surface area is 331 Å². The molecule has 0 saturated heterocycles. The van der Waals surface area contributed by atoms with Crippen LogP contribution in [0, 0.1) is 5.41 Å². The van der Waals surface area contributed by atoms with Crippen LogP contribution in [0.25, 0.3) is 27.7 Å². The van der Waals surface area contributed by atoms with Crippen molar-refractivity contribution >= 4 is 51.9 Å². The number of benzene rings is 5.